The first-order chi connectivity index (χ1) is 20.1. The molecule has 2 heterocycles. The Bertz CT molecular complexity index is 1320. The molecule has 4 rings (SSSR count). The lowest BCUT2D eigenvalue weighted by Gasteiger charge is -2.35. The van der Waals surface area contributed by atoms with Gasteiger partial charge in [0.1, 0.15) is 5.82 Å². The summed E-state index contributed by atoms with van der Waals surface area (Å²) in [5.74, 6) is -1.41. The number of nitrogens with one attached hydrogen (secondary N) is 3. The van der Waals surface area contributed by atoms with Gasteiger partial charge in [-0.2, -0.15) is 26.3 Å². The van der Waals surface area contributed by atoms with Crippen LogP contribution in [0.15, 0.2) is 42.5 Å². The van der Waals surface area contributed by atoms with E-state index in [4.69, 9.17) is 0 Å². The number of rotatable bonds is 6. The van der Waals surface area contributed by atoms with E-state index in [-0.39, 0.29) is 55.8 Å². The maximum absolute atomic E-state index is 14.7. The van der Waals surface area contributed by atoms with Crippen molar-refractivity contribution in [2.75, 3.05) is 38.0 Å². The Morgan fingerprint density at radius 2 is 1.58 bits per heavy atom. The predicted molar refractivity (Wildman–Crippen MR) is 138 cm³/mol. The Labute approximate surface area is 241 Å². The molecule has 2 aromatic carbocycles. The van der Waals surface area contributed by atoms with E-state index in [1.165, 1.54) is 17.0 Å². The van der Waals surface area contributed by atoms with Crippen molar-refractivity contribution in [2.45, 2.75) is 43.4 Å². The molecule has 2 fully saturated rings. The van der Waals surface area contributed by atoms with Crippen LogP contribution in [0.4, 0.5) is 41.2 Å². The quantitative estimate of drug-likeness (QED) is 0.370. The molecular formula is C27H28F7N5O4. The summed E-state index contributed by atoms with van der Waals surface area (Å²) in [5, 5.41) is 17.2. The normalized spacial score (nSPS) is 18.7. The molecule has 2 aliphatic heterocycles. The number of hydrogen-bond donors (Lipinski definition) is 4. The van der Waals surface area contributed by atoms with Gasteiger partial charge in [-0.3, -0.25) is 14.5 Å². The van der Waals surface area contributed by atoms with Gasteiger partial charge in [-0.15, -0.1) is 0 Å². The Morgan fingerprint density at radius 1 is 0.953 bits per heavy atom. The lowest BCUT2D eigenvalue weighted by atomic mass is 9.91. The molecule has 0 aliphatic carbocycles. The van der Waals surface area contributed by atoms with Crippen LogP contribution in [0.5, 0.6) is 0 Å². The van der Waals surface area contributed by atoms with E-state index >= 15 is 0 Å². The van der Waals surface area contributed by atoms with Gasteiger partial charge in [0.15, 0.2) is 0 Å². The number of aliphatic hydroxyl groups is 1. The van der Waals surface area contributed by atoms with Gasteiger partial charge in [-0.1, -0.05) is 24.3 Å². The molecule has 2 aliphatic rings. The second-order valence-corrected chi connectivity index (χ2v) is 10.3. The van der Waals surface area contributed by atoms with Gasteiger partial charge in [-0.05, 0) is 30.2 Å². The molecule has 0 unspecified atom stereocenters. The van der Waals surface area contributed by atoms with Gasteiger partial charge in [0.2, 0.25) is 5.91 Å². The van der Waals surface area contributed by atoms with Crippen LogP contribution >= 0.6 is 0 Å². The summed E-state index contributed by atoms with van der Waals surface area (Å²) in [6, 6.07) is 5.95. The van der Waals surface area contributed by atoms with Crippen LogP contribution in [0.25, 0.3) is 0 Å². The van der Waals surface area contributed by atoms with E-state index in [0.717, 1.165) is 18.2 Å². The van der Waals surface area contributed by atoms with E-state index in [2.05, 4.69) is 16.0 Å². The van der Waals surface area contributed by atoms with E-state index in [1.54, 1.807) is 0 Å². The molecule has 16 heteroatoms. The largest absolute Gasteiger partial charge is 0.430 e. The SMILES string of the molecule is O=C1CC[C@H](NC(=O)Nc2ccc(C(=O)N3CCN(Cc4ccc(C(O)(C(F)(F)F)C(F)(F)F)cc4)CC3)cc2F)CN1. The fraction of sp³-hybridized carbons (Fsp3) is 0.444. The van der Waals surface area contributed by atoms with Crippen molar-refractivity contribution >= 4 is 23.5 Å². The molecule has 2 aromatic rings. The summed E-state index contributed by atoms with van der Waals surface area (Å²) < 4.78 is 93.3. The topological polar surface area (TPSA) is 114 Å². The number of amides is 4. The third-order valence-electron chi connectivity index (χ3n) is 7.32. The molecule has 9 nitrogen and oxygen atoms in total. The van der Waals surface area contributed by atoms with Crippen LogP contribution in [0.1, 0.15) is 34.3 Å². The molecule has 4 N–H and O–H groups in total. The second kappa shape index (κ2) is 12.4. The lowest BCUT2D eigenvalue weighted by Crippen LogP contribution is -2.53. The lowest BCUT2D eigenvalue weighted by molar-refractivity contribution is -0.376. The first-order valence-electron chi connectivity index (χ1n) is 13.2. The number of anilines is 1. The molecule has 43 heavy (non-hydrogen) atoms. The fourth-order valence-corrected chi connectivity index (χ4v) is 4.84. The number of piperidine rings is 1. The standard InChI is InChI=1S/C27H28F7N5O4/c28-20-13-17(3-7-21(20)37-24(42)36-19-6-8-22(40)35-14-19)23(41)39-11-9-38(10-12-39)15-16-1-4-18(5-2-16)25(43,26(29,30)31)27(32,33)34/h1-5,7,13,19,43H,6,8-12,14-15H2,(H,35,40)(H2,36,37,42)/t19-/m0/s1. The summed E-state index contributed by atoms with van der Waals surface area (Å²) >= 11 is 0. The van der Waals surface area contributed by atoms with Crippen molar-refractivity contribution in [1.82, 2.24) is 20.4 Å². The van der Waals surface area contributed by atoms with E-state index in [9.17, 15) is 50.2 Å². The number of hydrogen-bond acceptors (Lipinski definition) is 5. The Kier molecular flexibility index (Phi) is 9.20. The van der Waals surface area contributed by atoms with Crippen molar-refractivity contribution in [1.29, 1.82) is 0 Å². The number of nitrogens with zero attached hydrogens (tertiary/aromatic N) is 2. The molecular weight excluding hydrogens is 591 g/mol. The van der Waals surface area contributed by atoms with Gasteiger partial charge < -0.3 is 26.0 Å². The zero-order valence-electron chi connectivity index (χ0n) is 22.5. The minimum absolute atomic E-state index is 0.0457. The molecule has 0 radical (unpaired) electrons. The van der Waals surface area contributed by atoms with Crippen LogP contribution in [-0.4, -0.2) is 83.9 Å². The van der Waals surface area contributed by atoms with Crippen LogP contribution in [0.2, 0.25) is 0 Å². The van der Waals surface area contributed by atoms with Crippen molar-refractivity contribution < 1.29 is 50.2 Å². The van der Waals surface area contributed by atoms with Crippen molar-refractivity contribution in [3.63, 3.8) is 0 Å². The number of alkyl halides is 6. The summed E-state index contributed by atoms with van der Waals surface area (Å²) in [7, 11) is 0. The highest BCUT2D eigenvalue weighted by molar-refractivity contribution is 5.96. The Hall–Kier alpha value is -3.92. The average molecular weight is 620 g/mol. The van der Waals surface area contributed by atoms with E-state index < -0.39 is 41.3 Å². The predicted octanol–water partition coefficient (Wildman–Crippen LogP) is 3.50. The van der Waals surface area contributed by atoms with Crippen molar-refractivity contribution in [3.05, 3.63) is 65.0 Å². The zero-order valence-corrected chi connectivity index (χ0v) is 22.5. The third kappa shape index (κ3) is 7.18. The molecule has 0 bridgehead atoms. The number of benzene rings is 2. The van der Waals surface area contributed by atoms with Crippen molar-refractivity contribution in [2.24, 2.45) is 0 Å². The maximum atomic E-state index is 14.7. The van der Waals surface area contributed by atoms with E-state index in [1.807, 2.05) is 4.90 Å². The number of urea groups is 1. The monoisotopic (exact) mass is 619 g/mol. The van der Waals surface area contributed by atoms with Crippen LogP contribution in [0.3, 0.4) is 0 Å². The van der Waals surface area contributed by atoms with Gasteiger partial charge >= 0.3 is 18.4 Å². The first-order valence-corrected chi connectivity index (χ1v) is 13.2. The maximum Gasteiger partial charge on any atom is 0.430 e. The van der Waals surface area contributed by atoms with Crippen molar-refractivity contribution in [3.8, 4) is 0 Å². The first kappa shape index (κ1) is 32.0. The van der Waals surface area contributed by atoms with Gasteiger partial charge in [0.05, 0.1) is 5.69 Å². The minimum Gasteiger partial charge on any atom is -0.369 e. The highest BCUT2D eigenvalue weighted by Crippen LogP contribution is 2.50. The number of halogens is 7. The summed E-state index contributed by atoms with van der Waals surface area (Å²) in [6.45, 7) is 1.53. The number of piperazine rings is 1. The van der Waals surface area contributed by atoms with E-state index in [0.29, 0.717) is 37.2 Å². The highest BCUT2D eigenvalue weighted by atomic mass is 19.4. The summed E-state index contributed by atoms with van der Waals surface area (Å²) in [6.07, 6.45) is -11.2. The smallest absolute Gasteiger partial charge is 0.369 e. The molecule has 0 spiro atoms. The molecule has 234 valence electrons. The van der Waals surface area contributed by atoms with Crippen LogP contribution in [0, 0.1) is 5.82 Å². The highest BCUT2D eigenvalue weighted by Gasteiger charge is 2.71. The molecule has 4 amide bonds. The fourth-order valence-electron chi connectivity index (χ4n) is 4.84. The Morgan fingerprint density at radius 3 is 2.12 bits per heavy atom. The average Bonchev–Trinajstić information content (AvgIpc) is 2.94. The molecule has 1 atom stereocenters. The van der Waals surface area contributed by atoms with Crippen LogP contribution in [-0.2, 0) is 16.9 Å². The second-order valence-electron chi connectivity index (χ2n) is 10.3. The number of carbonyl (C=O) groups is 3. The van der Waals surface area contributed by atoms with Gasteiger partial charge in [0, 0.05) is 62.9 Å². The number of carbonyl (C=O) groups excluding carboxylic acids is 3. The summed E-state index contributed by atoms with van der Waals surface area (Å²) in [5.41, 5.74) is -6.05. The minimum atomic E-state index is -5.97. The van der Waals surface area contributed by atoms with Gasteiger partial charge in [0.25, 0.3) is 11.5 Å². The molecule has 0 aromatic heterocycles. The molecule has 0 saturated carbocycles. The van der Waals surface area contributed by atoms with Gasteiger partial charge in [-0.25, -0.2) is 9.18 Å². The molecule has 2 saturated heterocycles. The summed E-state index contributed by atoms with van der Waals surface area (Å²) in [4.78, 5) is 39.7. The van der Waals surface area contributed by atoms with Crippen LogP contribution < -0.4 is 16.0 Å². The zero-order chi connectivity index (χ0) is 31.6. The third-order valence-corrected chi connectivity index (χ3v) is 7.32. The Balaban J connectivity index is 1.29.